The monoisotopic (exact) mass is 535 g/mol. The Morgan fingerprint density at radius 2 is 2.27 bits per heavy atom. The van der Waals surface area contributed by atoms with E-state index >= 15 is 0 Å². The van der Waals surface area contributed by atoms with Crippen molar-refractivity contribution in [3.05, 3.63) is 28.5 Å². The van der Waals surface area contributed by atoms with Gasteiger partial charge in [0.1, 0.15) is 28.4 Å². The molecule has 2 aliphatic rings. The van der Waals surface area contributed by atoms with Crippen LogP contribution in [-0.2, 0) is 19.2 Å². The number of carboxylic acid groups (broad SMARTS) is 1. The third kappa shape index (κ3) is 5.36. The Morgan fingerprint density at radius 1 is 1.48 bits per heavy atom. The second kappa shape index (κ2) is 11.2. The topological polar surface area (TPSA) is 176 Å². The van der Waals surface area contributed by atoms with Gasteiger partial charge in [-0.1, -0.05) is 9.64 Å². The second-order valence-corrected chi connectivity index (χ2v) is 10.4. The fraction of sp³-hybridized carbons (Fsp3) is 0.312. The van der Waals surface area contributed by atoms with Crippen LogP contribution in [-0.4, -0.2) is 73.0 Å². The number of anilines is 1. The molecule has 3 N–H and O–H groups in total. The van der Waals surface area contributed by atoms with Gasteiger partial charge in [0.25, 0.3) is 11.8 Å². The van der Waals surface area contributed by atoms with Crippen molar-refractivity contribution in [3.63, 3.8) is 0 Å². The molecule has 2 aliphatic heterocycles. The molecule has 0 unspecified atom stereocenters. The number of rotatable bonds is 8. The van der Waals surface area contributed by atoms with Gasteiger partial charge in [0.05, 0.1) is 17.9 Å². The van der Waals surface area contributed by atoms with Gasteiger partial charge in [0.15, 0.2) is 10.8 Å². The summed E-state index contributed by atoms with van der Waals surface area (Å²) in [5, 5.41) is 23.0. The van der Waals surface area contributed by atoms with Crippen LogP contribution in [0.25, 0.3) is 0 Å². The summed E-state index contributed by atoms with van der Waals surface area (Å²) in [6.07, 6.45) is 1.59. The number of β-lactam (4-membered cyclic amide) rings is 1. The number of nitrogens with two attached hydrogens (primary N) is 1. The number of nitrogens with zero attached hydrogens (tertiary/aromatic N) is 5. The fourth-order valence-corrected chi connectivity index (χ4v) is 6.52. The molecule has 17 heteroatoms. The number of oxime groups is 1. The molecule has 4 rings (SSSR count). The Morgan fingerprint density at radius 3 is 2.88 bits per heavy atom. The van der Waals surface area contributed by atoms with E-state index < -0.39 is 29.2 Å². The van der Waals surface area contributed by atoms with Crippen molar-refractivity contribution < 1.29 is 53.9 Å². The van der Waals surface area contributed by atoms with E-state index in [4.69, 9.17) is 10.6 Å². The molecule has 0 spiro atoms. The van der Waals surface area contributed by atoms with Crippen molar-refractivity contribution >= 4 is 75.0 Å². The number of fused-ring (bicyclic) bond motifs is 1. The van der Waals surface area contributed by atoms with Crippen LogP contribution in [0.5, 0.6) is 0 Å². The molecule has 2 aromatic heterocycles. The van der Waals surface area contributed by atoms with E-state index in [1.807, 2.05) is 0 Å². The number of aliphatic carboxylic acids is 1. The number of nitrogen functional groups attached to an aromatic ring is 1. The fourth-order valence-electron chi connectivity index (χ4n) is 3.06. The van der Waals surface area contributed by atoms with Crippen LogP contribution in [0.2, 0.25) is 0 Å². The molecule has 33 heavy (non-hydrogen) atoms. The minimum absolute atomic E-state index is 0. The van der Waals surface area contributed by atoms with Gasteiger partial charge in [-0.2, -0.15) is 0 Å². The molecule has 168 valence electrons. The van der Waals surface area contributed by atoms with Crippen molar-refractivity contribution in [2.75, 3.05) is 24.3 Å². The summed E-state index contributed by atoms with van der Waals surface area (Å²) in [6.45, 7) is 0. The first-order valence-electron chi connectivity index (χ1n) is 8.82. The molecule has 1 fully saturated rings. The van der Waals surface area contributed by atoms with Gasteiger partial charge in [0.2, 0.25) is 0 Å². The van der Waals surface area contributed by atoms with Crippen LogP contribution in [0.4, 0.5) is 5.13 Å². The largest absolute Gasteiger partial charge is 1.00 e. The maximum absolute atomic E-state index is 12.8. The van der Waals surface area contributed by atoms with Gasteiger partial charge in [-0.3, -0.25) is 14.5 Å². The molecule has 2 atom stereocenters. The number of carbonyl (C=O) groups excluding carboxylic acids is 3. The van der Waals surface area contributed by atoms with Crippen LogP contribution >= 0.6 is 46.4 Å². The predicted molar refractivity (Wildman–Crippen MR) is 118 cm³/mol. The van der Waals surface area contributed by atoms with E-state index in [0.29, 0.717) is 17.1 Å². The molecule has 2 aromatic rings. The van der Waals surface area contributed by atoms with Crippen molar-refractivity contribution in [3.8, 4) is 0 Å². The number of thiazole rings is 1. The minimum Gasteiger partial charge on any atom is -0.543 e. The van der Waals surface area contributed by atoms with Crippen molar-refractivity contribution in [2.45, 2.75) is 15.6 Å². The van der Waals surface area contributed by atoms with Crippen molar-refractivity contribution in [2.24, 2.45) is 5.16 Å². The molecule has 2 amide bonds. The molecule has 0 saturated carbocycles. The number of hydrogen-bond acceptors (Lipinski definition) is 14. The van der Waals surface area contributed by atoms with E-state index in [2.05, 4.69) is 25.0 Å². The first kappa shape index (κ1) is 25.9. The first-order chi connectivity index (χ1) is 15.4. The average molecular weight is 536 g/mol. The number of aromatic nitrogens is 3. The molecule has 1 saturated heterocycles. The van der Waals surface area contributed by atoms with Gasteiger partial charge in [-0.05, 0) is 17.1 Å². The summed E-state index contributed by atoms with van der Waals surface area (Å²) in [6, 6.07) is -0.931. The van der Waals surface area contributed by atoms with Crippen LogP contribution in [0, 0.1) is 0 Å². The Kier molecular flexibility index (Phi) is 8.76. The maximum Gasteiger partial charge on any atom is 1.00 e. The van der Waals surface area contributed by atoms with Gasteiger partial charge in [-0.25, -0.2) is 4.98 Å². The van der Waals surface area contributed by atoms with E-state index in [9.17, 15) is 19.5 Å². The summed E-state index contributed by atoms with van der Waals surface area (Å²) in [7, 11) is 1.27. The van der Waals surface area contributed by atoms with E-state index in [1.54, 1.807) is 6.20 Å². The minimum atomic E-state index is -1.44. The Bertz CT molecular complexity index is 1120. The number of amides is 2. The summed E-state index contributed by atoms with van der Waals surface area (Å²) >= 11 is 5.06. The molecule has 4 heterocycles. The van der Waals surface area contributed by atoms with E-state index in [0.717, 1.165) is 20.4 Å². The Balaban J connectivity index is 0.00000306. The van der Waals surface area contributed by atoms with Crippen molar-refractivity contribution in [1.29, 1.82) is 0 Å². The van der Waals surface area contributed by atoms with E-state index in [-0.39, 0.29) is 51.8 Å². The first-order valence-corrected chi connectivity index (χ1v) is 12.5. The van der Waals surface area contributed by atoms with Gasteiger partial charge in [0, 0.05) is 16.9 Å². The summed E-state index contributed by atoms with van der Waals surface area (Å²) < 4.78 is 4.59. The van der Waals surface area contributed by atoms with Gasteiger partial charge in [-0.15, -0.1) is 40.0 Å². The van der Waals surface area contributed by atoms with Crippen LogP contribution in [0.15, 0.2) is 32.2 Å². The number of carboxylic acids is 1. The van der Waals surface area contributed by atoms with Crippen LogP contribution in [0.3, 0.4) is 0 Å². The molecule has 0 bridgehead atoms. The zero-order valence-electron chi connectivity index (χ0n) is 17.2. The number of thioether (sulfide) groups is 2. The molecule has 0 aliphatic carbocycles. The second-order valence-electron chi connectivity index (χ2n) is 6.32. The molecule has 12 nitrogen and oxygen atoms in total. The Hall–Kier alpha value is -1.69. The van der Waals surface area contributed by atoms with Crippen LogP contribution < -0.4 is 45.7 Å². The summed E-state index contributed by atoms with van der Waals surface area (Å²) in [4.78, 5) is 47.2. The molecular weight excluding hydrogens is 521 g/mol. The predicted octanol–water partition coefficient (Wildman–Crippen LogP) is -3.87. The van der Waals surface area contributed by atoms with E-state index in [1.165, 1.54) is 47.5 Å². The summed E-state index contributed by atoms with van der Waals surface area (Å²) in [5.74, 6) is -1.96. The SMILES string of the molecule is CO/N=C(\C(=O)N[C@H]1C(=O)N2C(C(=O)[O-])=C(CSc3cnns3)CS[C@@H]12)c1csc(N)n1.[Na+]. The number of nitrogens with one attached hydrogen (secondary N) is 1. The standard InChI is InChI=1S/C16H15N7O5S4.Na/c1-28-21-9(7-5-31-16(17)19-7)12(24)20-10-13(25)23-11(15(26)27)6(4-30-14(10)23)3-29-8-2-18-22-32-8;/h2,5,10,14H,3-4H2,1H3,(H2,17,19)(H,20,24)(H,26,27);/q;+1/p-1/b21-9-;/t10-,14-;/m0./s1. The number of hydrogen-bond donors (Lipinski definition) is 2. The summed E-state index contributed by atoms with van der Waals surface area (Å²) in [5.41, 5.74) is 6.08. The smallest absolute Gasteiger partial charge is 0.543 e. The van der Waals surface area contributed by atoms with Crippen LogP contribution in [0.1, 0.15) is 5.69 Å². The maximum atomic E-state index is 12.8. The Labute approximate surface area is 225 Å². The average Bonchev–Trinajstić information content (AvgIpc) is 3.45. The zero-order chi connectivity index (χ0) is 22.8. The quantitative estimate of drug-likeness (QED) is 0.111. The third-order valence-corrected chi connectivity index (χ3v) is 8.35. The van der Waals surface area contributed by atoms with Crippen molar-refractivity contribution in [1.82, 2.24) is 24.8 Å². The number of carbonyl (C=O) groups is 3. The third-order valence-electron chi connectivity index (χ3n) is 4.42. The van der Waals surface area contributed by atoms with Gasteiger partial charge < -0.3 is 25.8 Å². The van der Waals surface area contributed by atoms with Gasteiger partial charge >= 0.3 is 29.6 Å². The molecular formula is C16H14N7NaO5S4. The molecule has 0 aromatic carbocycles. The normalized spacial score (nSPS) is 20.0. The molecule has 0 radical (unpaired) electrons. The zero-order valence-corrected chi connectivity index (χ0v) is 22.5.